The first-order valence-corrected chi connectivity index (χ1v) is 18.9. The molecule has 3 fully saturated rings. The molecule has 52 heavy (non-hydrogen) atoms. The lowest BCUT2D eigenvalue weighted by Gasteiger charge is -2.58. The van der Waals surface area contributed by atoms with Crippen LogP contribution in [0.3, 0.4) is 0 Å². The Hall–Kier alpha value is -4.92. The summed E-state index contributed by atoms with van der Waals surface area (Å²) in [6.45, 7) is 10.9. The summed E-state index contributed by atoms with van der Waals surface area (Å²) in [5.41, 5.74) is 8.15. The number of aromatic nitrogens is 2. The maximum absolute atomic E-state index is 11.9. The first-order valence-electron chi connectivity index (χ1n) is 18.9. The van der Waals surface area contributed by atoms with Crippen molar-refractivity contribution in [1.29, 1.82) is 0 Å². The van der Waals surface area contributed by atoms with E-state index in [-0.39, 0.29) is 0 Å². The Labute approximate surface area is 305 Å². The lowest BCUT2D eigenvalue weighted by molar-refractivity contribution is -0.0628. The smallest absolute Gasteiger partial charge is 0.153 e. The molecule has 3 aromatic heterocycles. The van der Waals surface area contributed by atoms with E-state index in [0.29, 0.717) is 40.5 Å². The summed E-state index contributed by atoms with van der Waals surface area (Å²) < 4.78 is 11.8. The average Bonchev–Trinajstić information content (AvgIpc) is 3.83. The van der Waals surface area contributed by atoms with Gasteiger partial charge in [0, 0.05) is 80.1 Å². The van der Waals surface area contributed by atoms with Crippen LogP contribution in [0.2, 0.25) is 0 Å². The van der Waals surface area contributed by atoms with Crippen LogP contribution in [0, 0.1) is 5.41 Å². The van der Waals surface area contributed by atoms with Crippen molar-refractivity contribution in [2.24, 2.45) is 5.41 Å². The molecule has 2 saturated heterocycles. The molecule has 1 aliphatic carbocycles. The topological polar surface area (TPSA) is 77.8 Å². The van der Waals surface area contributed by atoms with E-state index in [1.165, 1.54) is 47.8 Å². The van der Waals surface area contributed by atoms with E-state index in [1.54, 1.807) is 12.5 Å². The van der Waals surface area contributed by atoms with Gasteiger partial charge in [-0.25, -0.2) is 4.98 Å². The summed E-state index contributed by atoms with van der Waals surface area (Å²) in [4.78, 5) is 27.5. The van der Waals surface area contributed by atoms with E-state index in [2.05, 4.69) is 93.1 Å². The molecule has 1 atom stereocenters. The predicted molar refractivity (Wildman–Crippen MR) is 206 cm³/mol. The van der Waals surface area contributed by atoms with Crippen molar-refractivity contribution in [3.63, 3.8) is 0 Å². The molecule has 3 aromatic carbocycles. The number of piperazine rings is 1. The molecule has 8 heteroatoms. The van der Waals surface area contributed by atoms with E-state index < -0.39 is 0 Å². The molecule has 2 aliphatic heterocycles. The lowest BCUT2D eigenvalue weighted by atomic mass is 9.59. The highest BCUT2D eigenvalue weighted by Crippen LogP contribution is 2.53. The zero-order chi connectivity index (χ0) is 35.2. The molecule has 0 amide bonds. The van der Waals surface area contributed by atoms with Crippen LogP contribution in [0.4, 0.5) is 5.69 Å². The first-order chi connectivity index (χ1) is 25.4. The number of fused-ring (bicyclic) bond motifs is 2. The molecule has 6 aromatic rings. The minimum absolute atomic E-state index is 0.385. The summed E-state index contributed by atoms with van der Waals surface area (Å²) in [5, 5.41) is 2.15. The molecule has 0 radical (unpaired) electrons. The number of carbonyl (C=O) groups is 1. The number of ether oxygens (including phenoxy) is 1. The second-order valence-corrected chi connectivity index (χ2v) is 15.6. The number of nitrogens with zero attached hydrogens (tertiary/aromatic N) is 4. The average molecular weight is 694 g/mol. The van der Waals surface area contributed by atoms with Gasteiger partial charge in [0.1, 0.15) is 22.7 Å². The Bertz CT molecular complexity index is 2200. The Balaban J connectivity index is 0.878. The number of anilines is 1. The fourth-order valence-electron chi connectivity index (χ4n) is 9.25. The van der Waals surface area contributed by atoms with Crippen molar-refractivity contribution in [3.8, 4) is 11.5 Å². The van der Waals surface area contributed by atoms with Crippen LogP contribution in [0.1, 0.15) is 78.5 Å². The van der Waals surface area contributed by atoms with Gasteiger partial charge in [0.15, 0.2) is 6.29 Å². The molecular formula is C44H47N5O3. The van der Waals surface area contributed by atoms with Gasteiger partial charge in [0.2, 0.25) is 0 Å². The number of pyridine rings is 1. The van der Waals surface area contributed by atoms with Crippen LogP contribution in [0.5, 0.6) is 11.5 Å². The number of rotatable bonds is 9. The quantitative estimate of drug-likeness (QED) is 0.151. The number of carbonyl (C=O) groups excluding carboxylic acids is 1. The van der Waals surface area contributed by atoms with Gasteiger partial charge < -0.3 is 19.0 Å². The van der Waals surface area contributed by atoms with Crippen molar-refractivity contribution in [3.05, 3.63) is 120 Å². The predicted octanol–water partition coefficient (Wildman–Crippen LogP) is 9.35. The standard InChI is InChI=1S/C44H47N5O3/c1-30(2)38-5-3-4-6-39(38)40-28-47(27-31-7-10-41-32(21-31)12-20-51-41)18-19-49(40)36-24-44(25-36)13-16-48(17-14-44)35-9-8-34(29-50)42(23-35)52-37-22-33-11-15-45-43(33)46-26-37/h3-12,15,20-23,26,29-30,36,40H,13-14,16-19,24-25,27-28H2,1-2H3,(H,45,46). The summed E-state index contributed by atoms with van der Waals surface area (Å²) in [6, 6.07) is 28.8. The number of nitrogens with one attached hydrogen (secondary N) is 1. The van der Waals surface area contributed by atoms with Gasteiger partial charge >= 0.3 is 0 Å². The molecule has 1 unspecified atom stereocenters. The highest BCUT2D eigenvalue weighted by Gasteiger charge is 2.50. The summed E-state index contributed by atoms with van der Waals surface area (Å²) in [5.74, 6) is 1.68. The van der Waals surface area contributed by atoms with Crippen molar-refractivity contribution in [1.82, 2.24) is 19.8 Å². The minimum Gasteiger partial charge on any atom is -0.464 e. The number of piperidine rings is 1. The minimum atomic E-state index is 0.385. The molecule has 1 saturated carbocycles. The summed E-state index contributed by atoms with van der Waals surface area (Å²) in [7, 11) is 0. The summed E-state index contributed by atoms with van der Waals surface area (Å²) in [6.07, 6.45) is 11.1. The number of aldehydes is 1. The van der Waals surface area contributed by atoms with Gasteiger partial charge in [-0.2, -0.15) is 0 Å². The van der Waals surface area contributed by atoms with Crippen LogP contribution in [0.15, 0.2) is 102 Å². The fourth-order valence-corrected chi connectivity index (χ4v) is 9.25. The third-order valence-electron chi connectivity index (χ3n) is 12.1. The number of aromatic amines is 1. The molecular weight excluding hydrogens is 647 g/mol. The third-order valence-corrected chi connectivity index (χ3v) is 12.1. The first kappa shape index (κ1) is 33.0. The zero-order valence-corrected chi connectivity index (χ0v) is 30.1. The molecule has 1 spiro atoms. The number of H-pyrrole nitrogens is 1. The van der Waals surface area contributed by atoms with E-state index >= 15 is 0 Å². The Kier molecular flexibility index (Phi) is 8.60. The van der Waals surface area contributed by atoms with Crippen LogP contribution in [-0.2, 0) is 6.54 Å². The SMILES string of the molecule is CC(C)c1ccccc1C1CN(Cc2ccc3occc3c2)CCN1C1CC2(CCN(c3ccc(C=O)c(Oc4cnc5[nH]ccc5c4)c3)CC2)C1. The highest BCUT2D eigenvalue weighted by atomic mass is 16.5. The van der Waals surface area contributed by atoms with E-state index in [4.69, 9.17) is 9.15 Å². The maximum atomic E-state index is 11.9. The van der Waals surface area contributed by atoms with E-state index in [1.807, 2.05) is 30.5 Å². The molecule has 9 rings (SSSR count). The normalized spacial score (nSPS) is 19.8. The van der Waals surface area contributed by atoms with E-state index in [0.717, 1.165) is 67.9 Å². The molecule has 5 heterocycles. The van der Waals surface area contributed by atoms with Crippen LogP contribution in [-0.4, -0.2) is 64.8 Å². The van der Waals surface area contributed by atoms with Crippen LogP contribution >= 0.6 is 0 Å². The Morgan fingerprint density at radius 2 is 1.83 bits per heavy atom. The monoisotopic (exact) mass is 693 g/mol. The largest absolute Gasteiger partial charge is 0.464 e. The second-order valence-electron chi connectivity index (χ2n) is 15.6. The van der Waals surface area contributed by atoms with Gasteiger partial charge in [0.25, 0.3) is 0 Å². The van der Waals surface area contributed by atoms with Gasteiger partial charge in [-0.05, 0) is 96.2 Å². The van der Waals surface area contributed by atoms with E-state index in [9.17, 15) is 4.79 Å². The number of hydrogen-bond acceptors (Lipinski definition) is 7. The van der Waals surface area contributed by atoms with Crippen molar-refractivity contribution in [2.45, 2.75) is 64.1 Å². The van der Waals surface area contributed by atoms with Gasteiger partial charge in [-0.15, -0.1) is 0 Å². The molecule has 1 N–H and O–H groups in total. The van der Waals surface area contributed by atoms with Crippen molar-refractivity contribution < 1.29 is 13.9 Å². The zero-order valence-electron chi connectivity index (χ0n) is 30.1. The fraction of sp³-hybridized carbons (Fsp3) is 0.364. The number of furan rings is 1. The van der Waals surface area contributed by atoms with Crippen molar-refractivity contribution in [2.75, 3.05) is 37.6 Å². The maximum Gasteiger partial charge on any atom is 0.153 e. The number of hydrogen-bond donors (Lipinski definition) is 1. The Morgan fingerprint density at radius 3 is 2.67 bits per heavy atom. The molecule has 3 aliphatic rings. The second kappa shape index (κ2) is 13.6. The highest BCUT2D eigenvalue weighted by molar-refractivity contribution is 5.82. The molecule has 0 bridgehead atoms. The Morgan fingerprint density at radius 1 is 0.962 bits per heavy atom. The lowest BCUT2D eigenvalue weighted by Crippen LogP contribution is -2.60. The van der Waals surface area contributed by atoms with Gasteiger partial charge in [-0.1, -0.05) is 44.2 Å². The molecule has 266 valence electrons. The van der Waals surface area contributed by atoms with Crippen LogP contribution < -0.4 is 9.64 Å². The van der Waals surface area contributed by atoms with Crippen LogP contribution in [0.25, 0.3) is 22.0 Å². The third kappa shape index (κ3) is 6.28. The molecule has 8 nitrogen and oxygen atoms in total. The summed E-state index contributed by atoms with van der Waals surface area (Å²) >= 11 is 0. The van der Waals surface area contributed by atoms with Gasteiger partial charge in [-0.3, -0.25) is 14.6 Å². The van der Waals surface area contributed by atoms with Crippen molar-refractivity contribution >= 4 is 34.0 Å². The number of benzene rings is 3. The van der Waals surface area contributed by atoms with Gasteiger partial charge in [0.05, 0.1) is 18.0 Å².